The maximum absolute atomic E-state index is 11.2. The van der Waals surface area contributed by atoms with Gasteiger partial charge in [0.25, 0.3) is 0 Å². The van der Waals surface area contributed by atoms with Crippen molar-refractivity contribution in [3.63, 3.8) is 0 Å². The minimum absolute atomic E-state index is 0.295. The van der Waals surface area contributed by atoms with Crippen LogP contribution in [0.25, 0.3) is 22.3 Å². The molecule has 2 heterocycles. The van der Waals surface area contributed by atoms with Crippen LogP contribution in [0.2, 0.25) is 0 Å². The summed E-state index contributed by atoms with van der Waals surface area (Å²) in [5, 5.41) is 10.4. The van der Waals surface area contributed by atoms with E-state index in [-0.39, 0.29) is 0 Å². The quantitative estimate of drug-likeness (QED) is 0.738. The van der Waals surface area contributed by atoms with Crippen molar-refractivity contribution < 1.29 is 9.90 Å². The second-order valence-corrected chi connectivity index (χ2v) is 4.67. The number of aromatic nitrogens is 2. The minimum atomic E-state index is -0.918. The monoisotopic (exact) mass is 254 g/mol. The molecule has 0 bridgehead atoms. The van der Waals surface area contributed by atoms with Crippen LogP contribution in [0.15, 0.2) is 36.5 Å². The molecule has 19 heavy (non-hydrogen) atoms. The number of hydrogen-bond donors (Lipinski definition) is 2. The molecule has 0 spiro atoms. The van der Waals surface area contributed by atoms with Crippen molar-refractivity contribution in [2.45, 2.75) is 6.92 Å². The van der Waals surface area contributed by atoms with E-state index in [0.717, 1.165) is 16.6 Å². The maximum atomic E-state index is 11.2. The number of H-pyrrole nitrogens is 1. The number of hydrogen-bond acceptors (Lipinski definition) is 1. The predicted octanol–water partition coefficient (Wildman–Crippen LogP) is 3.18. The van der Waals surface area contributed by atoms with Crippen LogP contribution in [-0.2, 0) is 7.05 Å². The summed E-state index contributed by atoms with van der Waals surface area (Å²) in [4.78, 5) is 14.2. The summed E-state index contributed by atoms with van der Waals surface area (Å²) in [5.74, 6) is -0.918. The molecule has 0 amide bonds. The average Bonchev–Trinajstić information content (AvgIpc) is 2.95. The number of nitrogens with zero attached hydrogens (tertiary/aromatic N) is 1. The van der Waals surface area contributed by atoms with E-state index in [0.29, 0.717) is 11.3 Å². The Morgan fingerprint density at radius 1 is 1.32 bits per heavy atom. The SMILES string of the molecule is Cc1cccc2c1cc(-c1[nH]ccc1C(=O)O)n2C. The van der Waals surface area contributed by atoms with Crippen LogP contribution >= 0.6 is 0 Å². The zero-order valence-electron chi connectivity index (χ0n) is 10.8. The minimum Gasteiger partial charge on any atom is -0.478 e. The first kappa shape index (κ1) is 11.6. The van der Waals surface area contributed by atoms with E-state index in [2.05, 4.69) is 18.0 Å². The molecule has 4 heteroatoms. The molecule has 2 aromatic heterocycles. The summed E-state index contributed by atoms with van der Waals surface area (Å²) in [7, 11) is 1.95. The van der Waals surface area contributed by atoms with E-state index in [1.54, 1.807) is 12.3 Å². The summed E-state index contributed by atoms with van der Waals surface area (Å²) in [5.41, 5.74) is 4.10. The lowest BCUT2D eigenvalue weighted by atomic mass is 10.1. The summed E-state index contributed by atoms with van der Waals surface area (Å²) in [6.45, 7) is 2.05. The fraction of sp³-hybridized carbons (Fsp3) is 0.133. The van der Waals surface area contributed by atoms with E-state index in [1.165, 1.54) is 5.56 Å². The van der Waals surface area contributed by atoms with Gasteiger partial charge in [-0.05, 0) is 30.7 Å². The fourth-order valence-corrected chi connectivity index (χ4v) is 2.51. The fourth-order valence-electron chi connectivity index (χ4n) is 2.51. The number of carboxylic acids is 1. The van der Waals surface area contributed by atoms with E-state index >= 15 is 0 Å². The molecule has 0 aliphatic heterocycles. The Balaban J connectivity index is 2.32. The average molecular weight is 254 g/mol. The smallest absolute Gasteiger partial charge is 0.337 e. The van der Waals surface area contributed by atoms with Gasteiger partial charge in [-0.15, -0.1) is 0 Å². The number of rotatable bonds is 2. The Labute approximate surface area is 110 Å². The molecule has 0 saturated carbocycles. The molecule has 0 fully saturated rings. The third-order valence-electron chi connectivity index (χ3n) is 3.54. The molecule has 0 saturated heterocycles. The number of fused-ring (bicyclic) bond motifs is 1. The largest absolute Gasteiger partial charge is 0.478 e. The Hall–Kier alpha value is -2.49. The first-order chi connectivity index (χ1) is 9.09. The van der Waals surface area contributed by atoms with E-state index in [9.17, 15) is 9.90 Å². The number of benzene rings is 1. The summed E-state index contributed by atoms with van der Waals surface area (Å²) >= 11 is 0. The highest BCUT2D eigenvalue weighted by molar-refractivity contribution is 5.97. The highest BCUT2D eigenvalue weighted by Crippen LogP contribution is 2.30. The van der Waals surface area contributed by atoms with Crippen molar-refractivity contribution in [2.24, 2.45) is 7.05 Å². The molecule has 0 aliphatic carbocycles. The van der Waals surface area contributed by atoms with Crippen LogP contribution in [0, 0.1) is 6.92 Å². The van der Waals surface area contributed by atoms with Gasteiger partial charge in [0.1, 0.15) is 0 Å². The molecular formula is C15H14N2O2. The van der Waals surface area contributed by atoms with Gasteiger partial charge in [-0.3, -0.25) is 0 Å². The van der Waals surface area contributed by atoms with Crippen molar-refractivity contribution in [3.05, 3.63) is 47.7 Å². The van der Waals surface area contributed by atoms with Crippen LogP contribution in [0.5, 0.6) is 0 Å². The van der Waals surface area contributed by atoms with Gasteiger partial charge in [0.05, 0.1) is 17.0 Å². The summed E-state index contributed by atoms with van der Waals surface area (Å²) in [6, 6.07) is 9.72. The molecule has 0 atom stereocenters. The second kappa shape index (κ2) is 4.02. The lowest BCUT2D eigenvalue weighted by Gasteiger charge is -2.04. The molecular weight excluding hydrogens is 240 g/mol. The van der Waals surface area contributed by atoms with Crippen LogP contribution in [0.1, 0.15) is 15.9 Å². The zero-order valence-corrected chi connectivity index (χ0v) is 10.8. The maximum Gasteiger partial charge on any atom is 0.337 e. The summed E-state index contributed by atoms with van der Waals surface area (Å²) < 4.78 is 2.01. The van der Waals surface area contributed by atoms with Gasteiger partial charge in [0, 0.05) is 24.1 Å². The molecule has 96 valence electrons. The van der Waals surface area contributed by atoms with Gasteiger partial charge >= 0.3 is 5.97 Å². The Morgan fingerprint density at radius 3 is 2.79 bits per heavy atom. The van der Waals surface area contributed by atoms with Crippen LogP contribution < -0.4 is 0 Å². The highest BCUT2D eigenvalue weighted by Gasteiger charge is 2.17. The van der Waals surface area contributed by atoms with E-state index < -0.39 is 5.97 Å². The lowest BCUT2D eigenvalue weighted by molar-refractivity contribution is 0.0698. The lowest BCUT2D eigenvalue weighted by Crippen LogP contribution is -1.99. The highest BCUT2D eigenvalue weighted by atomic mass is 16.4. The Kier molecular flexibility index (Phi) is 2.45. The number of aryl methyl sites for hydroxylation is 2. The zero-order chi connectivity index (χ0) is 13.6. The van der Waals surface area contributed by atoms with E-state index in [1.807, 2.05) is 29.8 Å². The predicted molar refractivity (Wildman–Crippen MR) is 74.4 cm³/mol. The first-order valence-electron chi connectivity index (χ1n) is 6.05. The third-order valence-corrected chi connectivity index (χ3v) is 3.54. The van der Waals surface area contributed by atoms with Crippen molar-refractivity contribution in [3.8, 4) is 11.4 Å². The van der Waals surface area contributed by atoms with Crippen molar-refractivity contribution in [1.82, 2.24) is 9.55 Å². The van der Waals surface area contributed by atoms with Gasteiger partial charge in [-0.2, -0.15) is 0 Å². The molecule has 0 aliphatic rings. The molecule has 3 aromatic rings. The molecule has 3 rings (SSSR count). The number of carbonyl (C=O) groups is 1. The van der Waals surface area contributed by atoms with Crippen molar-refractivity contribution in [1.29, 1.82) is 0 Å². The number of nitrogens with one attached hydrogen (secondary N) is 1. The van der Waals surface area contributed by atoms with Crippen LogP contribution in [0.4, 0.5) is 0 Å². The van der Waals surface area contributed by atoms with Crippen LogP contribution in [-0.4, -0.2) is 20.6 Å². The Morgan fingerprint density at radius 2 is 2.11 bits per heavy atom. The van der Waals surface area contributed by atoms with Crippen LogP contribution in [0.3, 0.4) is 0 Å². The Bertz CT molecular complexity index is 781. The molecule has 4 nitrogen and oxygen atoms in total. The van der Waals surface area contributed by atoms with Crippen molar-refractivity contribution >= 4 is 16.9 Å². The molecule has 1 aromatic carbocycles. The second-order valence-electron chi connectivity index (χ2n) is 4.67. The van der Waals surface area contributed by atoms with Gasteiger partial charge in [-0.1, -0.05) is 12.1 Å². The number of aromatic amines is 1. The van der Waals surface area contributed by atoms with Gasteiger partial charge < -0.3 is 14.7 Å². The van der Waals surface area contributed by atoms with E-state index in [4.69, 9.17) is 0 Å². The van der Waals surface area contributed by atoms with Gasteiger partial charge in [0.2, 0.25) is 0 Å². The molecule has 2 N–H and O–H groups in total. The van der Waals surface area contributed by atoms with Gasteiger partial charge in [-0.25, -0.2) is 4.79 Å². The number of aromatic carboxylic acids is 1. The number of carboxylic acid groups (broad SMARTS) is 1. The topological polar surface area (TPSA) is 58.0 Å². The summed E-state index contributed by atoms with van der Waals surface area (Å²) in [6.07, 6.45) is 1.66. The normalized spacial score (nSPS) is 11.1. The van der Waals surface area contributed by atoms with Crippen molar-refractivity contribution in [2.75, 3.05) is 0 Å². The first-order valence-corrected chi connectivity index (χ1v) is 6.05. The third kappa shape index (κ3) is 1.64. The van der Waals surface area contributed by atoms with Gasteiger partial charge in [0.15, 0.2) is 0 Å². The standard InChI is InChI=1S/C15H14N2O2/c1-9-4-3-5-12-11(9)8-13(17(12)2)14-10(15(18)19)6-7-16-14/h3-8,16H,1-2H3,(H,18,19). The molecule has 0 radical (unpaired) electrons. The molecule has 0 unspecified atom stereocenters.